The molecule has 1 aliphatic rings. The van der Waals surface area contributed by atoms with Gasteiger partial charge in [-0.1, -0.05) is 37.1 Å². The van der Waals surface area contributed by atoms with Gasteiger partial charge >= 0.3 is 0 Å². The molecule has 2 aromatic carbocycles. The molecule has 0 saturated heterocycles. The molecular formula is C16H20N2O2S. The largest absolute Gasteiger partial charge is 0.398 e. The fourth-order valence-electron chi connectivity index (χ4n) is 2.61. The highest BCUT2D eigenvalue weighted by Crippen LogP contribution is 2.33. The Labute approximate surface area is 125 Å². The van der Waals surface area contributed by atoms with E-state index in [1.807, 2.05) is 18.2 Å². The Morgan fingerprint density at radius 2 is 1.81 bits per heavy atom. The maximum Gasteiger partial charge on any atom is 0.241 e. The van der Waals surface area contributed by atoms with E-state index >= 15 is 0 Å². The number of hydrogen-bond acceptors (Lipinski definition) is 3. The molecule has 0 atom stereocenters. The third-order valence-corrected chi connectivity index (χ3v) is 5.50. The molecule has 1 fully saturated rings. The van der Waals surface area contributed by atoms with E-state index in [1.165, 1.54) is 12.8 Å². The van der Waals surface area contributed by atoms with Crippen LogP contribution in [0.4, 0.5) is 5.69 Å². The summed E-state index contributed by atoms with van der Waals surface area (Å²) in [7, 11) is -3.49. The molecule has 5 heteroatoms. The summed E-state index contributed by atoms with van der Waals surface area (Å²) in [6.07, 6.45) is 4.62. The van der Waals surface area contributed by atoms with E-state index in [4.69, 9.17) is 5.73 Å². The third kappa shape index (κ3) is 3.19. The number of sulfonamides is 1. The highest BCUT2D eigenvalue weighted by molar-refractivity contribution is 7.89. The van der Waals surface area contributed by atoms with E-state index in [0.717, 1.165) is 24.1 Å². The lowest BCUT2D eigenvalue weighted by atomic mass is 10.1. The molecule has 0 amide bonds. The van der Waals surface area contributed by atoms with Crippen LogP contribution in [0.25, 0.3) is 10.8 Å². The number of nitrogens with two attached hydrogens (primary N) is 1. The molecule has 4 nitrogen and oxygen atoms in total. The molecule has 112 valence electrons. The molecule has 0 bridgehead atoms. The first-order chi connectivity index (χ1) is 10.1. The van der Waals surface area contributed by atoms with Crippen LogP contribution in [-0.2, 0) is 10.0 Å². The minimum atomic E-state index is -3.49. The van der Waals surface area contributed by atoms with Crippen LogP contribution in [0.1, 0.15) is 25.7 Å². The SMILES string of the molecule is Nc1ccc(S(=O)(=O)NCCCC2CC2)c2ccccc12. The second-order valence-corrected chi connectivity index (χ2v) is 7.42. The molecular weight excluding hydrogens is 284 g/mol. The van der Waals surface area contributed by atoms with Gasteiger partial charge in [0.25, 0.3) is 0 Å². The fourth-order valence-corrected chi connectivity index (χ4v) is 3.89. The topological polar surface area (TPSA) is 72.2 Å². The van der Waals surface area contributed by atoms with Crippen molar-refractivity contribution in [3.8, 4) is 0 Å². The van der Waals surface area contributed by atoms with E-state index in [0.29, 0.717) is 22.5 Å². The lowest BCUT2D eigenvalue weighted by molar-refractivity contribution is 0.573. The van der Waals surface area contributed by atoms with Gasteiger partial charge in [0.15, 0.2) is 0 Å². The Morgan fingerprint density at radius 1 is 1.10 bits per heavy atom. The maximum atomic E-state index is 12.5. The molecule has 3 N–H and O–H groups in total. The molecule has 0 unspecified atom stereocenters. The molecule has 21 heavy (non-hydrogen) atoms. The summed E-state index contributed by atoms with van der Waals surface area (Å²) in [6.45, 7) is 0.498. The van der Waals surface area contributed by atoms with Crippen LogP contribution in [0.15, 0.2) is 41.3 Å². The van der Waals surface area contributed by atoms with E-state index in [9.17, 15) is 8.42 Å². The van der Waals surface area contributed by atoms with Crippen LogP contribution >= 0.6 is 0 Å². The van der Waals surface area contributed by atoms with Crippen molar-refractivity contribution in [2.45, 2.75) is 30.6 Å². The fraction of sp³-hybridized carbons (Fsp3) is 0.375. The molecule has 0 radical (unpaired) electrons. The molecule has 0 aromatic heterocycles. The molecule has 0 spiro atoms. The number of benzene rings is 2. The standard InChI is InChI=1S/C16H20N2O2S/c17-15-9-10-16(14-6-2-1-5-13(14)15)21(19,20)18-11-3-4-12-7-8-12/h1-2,5-6,9-10,12,18H,3-4,7-8,11,17H2. The normalized spacial score (nSPS) is 15.4. The van der Waals surface area contributed by atoms with Crippen LogP contribution in [0.2, 0.25) is 0 Å². The summed E-state index contributed by atoms with van der Waals surface area (Å²) in [6, 6.07) is 10.6. The number of fused-ring (bicyclic) bond motifs is 1. The molecule has 1 aliphatic carbocycles. The van der Waals surface area contributed by atoms with Gasteiger partial charge in [-0.2, -0.15) is 0 Å². The Hall–Kier alpha value is -1.59. The van der Waals surface area contributed by atoms with Crippen molar-refractivity contribution >= 4 is 26.5 Å². The molecule has 1 saturated carbocycles. The zero-order valence-electron chi connectivity index (χ0n) is 11.9. The highest BCUT2D eigenvalue weighted by Gasteiger charge is 2.21. The van der Waals surface area contributed by atoms with Crippen molar-refractivity contribution in [2.24, 2.45) is 5.92 Å². The van der Waals surface area contributed by atoms with Gasteiger partial charge in [-0.15, -0.1) is 0 Å². The lowest BCUT2D eigenvalue weighted by Crippen LogP contribution is -2.25. The van der Waals surface area contributed by atoms with Crippen molar-refractivity contribution in [1.82, 2.24) is 4.72 Å². The van der Waals surface area contributed by atoms with Crippen LogP contribution in [0.3, 0.4) is 0 Å². The summed E-state index contributed by atoms with van der Waals surface area (Å²) in [5.74, 6) is 0.826. The van der Waals surface area contributed by atoms with Gasteiger partial charge in [-0.3, -0.25) is 0 Å². The Bertz CT molecular complexity index is 752. The molecule has 2 aromatic rings. The number of rotatable bonds is 6. The number of anilines is 1. The minimum Gasteiger partial charge on any atom is -0.398 e. The van der Waals surface area contributed by atoms with Gasteiger partial charge in [0.1, 0.15) is 0 Å². The third-order valence-electron chi connectivity index (χ3n) is 3.99. The highest BCUT2D eigenvalue weighted by atomic mass is 32.2. The van der Waals surface area contributed by atoms with Crippen molar-refractivity contribution < 1.29 is 8.42 Å². The number of nitrogen functional groups attached to an aromatic ring is 1. The van der Waals surface area contributed by atoms with Crippen LogP contribution in [0.5, 0.6) is 0 Å². The predicted octanol–water partition coefficient (Wildman–Crippen LogP) is 2.89. The smallest absolute Gasteiger partial charge is 0.241 e. The van der Waals surface area contributed by atoms with E-state index < -0.39 is 10.0 Å². The average molecular weight is 304 g/mol. The second kappa shape index (κ2) is 5.66. The monoisotopic (exact) mass is 304 g/mol. The first-order valence-corrected chi connectivity index (χ1v) is 8.83. The second-order valence-electron chi connectivity index (χ2n) is 5.68. The van der Waals surface area contributed by atoms with Gasteiger partial charge < -0.3 is 5.73 Å². The predicted molar refractivity (Wildman–Crippen MR) is 85.5 cm³/mol. The van der Waals surface area contributed by atoms with Crippen LogP contribution in [-0.4, -0.2) is 15.0 Å². The van der Waals surface area contributed by atoms with Crippen molar-refractivity contribution in [2.75, 3.05) is 12.3 Å². The quantitative estimate of drug-likeness (QED) is 0.636. The summed E-state index contributed by atoms with van der Waals surface area (Å²) in [4.78, 5) is 0.304. The van der Waals surface area contributed by atoms with E-state index in [1.54, 1.807) is 18.2 Å². The Kier molecular flexibility index (Phi) is 3.87. The van der Waals surface area contributed by atoms with E-state index in [-0.39, 0.29) is 0 Å². The van der Waals surface area contributed by atoms with Gasteiger partial charge in [0, 0.05) is 23.0 Å². The zero-order chi connectivity index (χ0) is 14.9. The van der Waals surface area contributed by atoms with Gasteiger partial charge in [-0.05, 0) is 30.9 Å². The molecule has 0 heterocycles. The number of nitrogens with one attached hydrogen (secondary N) is 1. The van der Waals surface area contributed by atoms with Crippen LogP contribution in [0, 0.1) is 5.92 Å². The summed E-state index contributed by atoms with van der Waals surface area (Å²) >= 11 is 0. The Morgan fingerprint density at radius 3 is 2.52 bits per heavy atom. The summed E-state index contributed by atoms with van der Waals surface area (Å²) < 4.78 is 27.6. The minimum absolute atomic E-state index is 0.304. The van der Waals surface area contributed by atoms with E-state index in [2.05, 4.69) is 4.72 Å². The first-order valence-electron chi connectivity index (χ1n) is 7.35. The Balaban J connectivity index is 1.82. The van der Waals surface area contributed by atoms with Crippen molar-refractivity contribution in [3.63, 3.8) is 0 Å². The van der Waals surface area contributed by atoms with Crippen molar-refractivity contribution in [3.05, 3.63) is 36.4 Å². The van der Waals surface area contributed by atoms with Gasteiger partial charge in [-0.25, -0.2) is 13.1 Å². The van der Waals surface area contributed by atoms with Crippen LogP contribution < -0.4 is 10.5 Å². The number of hydrogen-bond donors (Lipinski definition) is 2. The summed E-state index contributed by atoms with van der Waals surface area (Å²) in [5, 5.41) is 1.45. The zero-order valence-corrected chi connectivity index (χ0v) is 12.7. The molecule has 0 aliphatic heterocycles. The van der Waals surface area contributed by atoms with Crippen molar-refractivity contribution in [1.29, 1.82) is 0 Å². The maximum absolute atomic E-state index is 12.5. The van der Waals surface area contributed by atoms with Gasteiger partial charge in [0.05, 0.1) is 4.90 Å². The van der Waals surface area contributed by atoms with Gasteiger partial charge in [0.2, 0.25) is 10.0 Å². The summed E-state index contributed by atoms with van der Waals surface area (Å²) in [5.41, 5.74) is 6.51. The molecule has 3 rings (SSSR count). The lowest BCUT2D eigenvalue weighted by Gasteiger charge is -2.11. The average Bonchev–Trinajstić information content (AvgIpc) is 3.28. The first kappa shape index (κ1) is 14.4.